The van der Waals surface area contributed by atoms with Gasteiger partial charge in [0.2, 0.25) is 0 Å². The van der Waals surface area contributed by atoms with Crippen molar-refractivity contribution >= 4 is 15.9 Å². The van der Waals surface area contributed by atoms with Gasteiger partial charge in [-0.3, -0.25) is 0 Å². The molecule has 110 valence electrons. The first-order valence-corrected chi connectivity index (χ1v) is 8.12. The number of rotatable bonds is 3. The third kappa shape index (κ3) is 3.71. The molecule has 1 N–H and O–H groups in total. The summed E-state index contributed by atoms with van der Waals surface area (Å²) in [5.74, 6) is -0.312. The molecule has 2 rings (SSSR count). The van der Waals surface area contributed by atoms with Crippen LogP contribution in [0.3, 0.4) is 0 Å². The predicted molar refractivity (Wildman–Crippen MR) is 72.9 cm³/mol. The molecule has 1 aromatic rings. The molecule has 0 spiro atoms. The van der Waals surface area contributed by atoms with Crippen LogP contribution in [0, 0.1) is 0 Å². The van der Waals surface area contributed by atoms with Crippen LogP contribution in [0.25, 0.3) is 0 Å². The normalized spacial score (nSPS) is 21.4. The summed E-state index contributed by atoms with van der Waals surface area (Å²) in [6.07, 6.45) is -0.595. The number of aliphatic hydroxyl groups excluding tert-OH is 1. The van der Waals surface area contributed by atoms with Gasteiger partial charge < -0.3 is 14.7 Å². The van der Waals surface area contributed by atoms with Crippen molar-refractivity contribution in [2.24, 2.45) is 0 Å². The molecular formula is C13H17NO5S. The number of aliphatic hydroxyl groups is 1. The summed E-state index contributed by atoms with van der Waals surface area (Å²) in [4.78, 5) is 13.2. The van der Waals surface area contributed by atoms with Gasteiger partial charge in [0, 0.05) is 6.54 Å². The van der Waals surface area contributed by atoms with Crippen LogP contribution in [-0.2, 0) is 21.2 Å². The summed E-state index contributed by atoms with van der Waals surface area (Å²) in [6, 6.07) is 8.48. The molecule has 0 radical (unpaired) electrons. The molecule has 0 aromatic heterocycles. The fraction of sp³-hybridized carbons (Fsp3) is 0.462. The Labute approximate surface area is 117 Å². The van der Waals surface area contributed by atoms with Crippen LogP contribution in [0.15, 0.2) is 30.3 Å². The SMILES string of the molecule is O=C(OCc1ccccc1)N1CCS(=O)(=O)CC1CO. The number of amides is 1. The van der Waals surface area contributed by atoms with E-state index in [1.807, 2.05) is 30.3 Å². The average Bonchev–Trinajstić information content (AvgIpc) is 2.45. The molecule has 1 fully saturated rings. The highest BCUT2D eigenvalue weighted by molar-refractivity contribution is 7.91. The van der Waals surface area contributed by atoms with E-state index in [0.717, 1.165) is 5.56 Å². The lowest BCUT2D eigenvalue weighted by Crippen LogP contribution is -2.52. The Morgan fingerprint density at radius 2 is 2.05 bits per heavy atom. The van der Waals surface area contributed by atoms with E-state index in [2.05, 4.69) is 0 Å². The Kier molecular flexibility index (Phi) is 4.61. The zero-order valence-electron chi connectivity index (χ0n) is 10.9. The highest BCUT2D eigenvalue weighted by atomic mass is 32.2. The molecule has 6 nitrogen and oxygen atoms in total. The fourth-order valence-corrected chi connectivity index (χ4v) is 3.59. The Hall–Kier alpha value is -1.60. The number of carbonyl (C=O) groups excluding carboxylic acids is 1. The average molecular weight is 299 g/mol. The molecule has 1 aromatic carbocycles. The minimum absolute atomic E-state index is 0.0567. The van der Waals surface area contributed by atoms with Crippen molar-refractivity contribution in [1.29, 1.82) is 0 Å². The maximum Gasteiger partial charge on any atom is 0.410 e. The second-order valence-corrected chi connectivity index (χ2v) is 6.91. The molecule has 1 aliphatic heterocycles. The van der Waals surface area contributed by atoms with Gasteiger partial charge in [0.15, 0.2) is 9.84 Å². The summed E-state index contributed by atoms with van der Waals surface area (Å²) >= 11 is 0. The van der Waals surface area contributed by atoms with Gasteiger partial charge in [-0.2, -0.15) is 0 Å². The zero-order chi connectivity index (χ0) is 14.6. The van der Waals surface area contributed by atoms with E-state index in [-0.39, 0.29) is 31.3 Å². The number of nitrogens with zero attached hydrogens (tertiary/aromatic N) is 1. The van der Waals surface area contributed by atoms with Crippen LogP contribution in [0.1, 0.15) is 5.56 Å². The zero-order valence-corrected chi connectivity index (χ0v) is 11.8. The standard InChI is InChI=1S/C13H17NO5S/c15-8-12-10-20(17,18)7-6-14(12)13(16)19-9-11-4-2-1-3-5-11/h1-5,12,15H,6-10H2. The van der Waals surface area contributed by atoms with Gasteiger partial charge in [-0.15, -0.1) is 0 Å². The van der Waals surface area contributed by atoms with E-state index in [9.17, 15) is 18.3 Å². The third-order valence-electron chi connectivity index (χ3n) is 3.18. The van der Waals surface area contributed by atoms with E-state index in [1.165, 1.54) is 4.90 Å². The molecule has 1 heterocycles. The summed E-state index contributed by atoms with van der Waals surface area (Å²) in [6.45, 7) is -0.206. The van der Waals surface area contributed by atoms with Gasteiger partial charge in [0.1, 0.15) is 6.61 Å². The first-order chi connectivity index (χ1) is 9.52. The van der Waals surface area contributed by atoms with Gasteiger partial charge in [-0.25, -0.2) is 13.2 Å². The van der Waals surface area contributed by atoms with E-state index in [1.54, 1.807) is 0 Å². The largest absolute Gasteiger partial charge is 0.445 e. The molecule has 1 aliphatic rings. The molecule has 1 unspecified atom stereocenters. The van der Waals surface area contributed by atoms with Crippen molar-refractivity contribution in [3.63, 3.8) is 0 Å². The highest BCUT2D eigenvalue weighted by Crippen LogP contribution is 2.14. The Morgan fingerprint density at radius 1 is 1.35 bits per heavy atom. The lowest BCUT2D eigenvalue weighted by atomic mass is 10.2. The van der Waals surface area contributed by atoms with Crippen molar-refractivity contribution in [2.45, 2.75) is 12.6 Å². The second kappa shape index (κ2) is 6.23. The third-order valence-corrected chi connectivity index (χ3v) is 4.88. The van der Waals surface area contributed by atoms with Crippen molar-refractivity contribution in [2.75, 3.05) is 24.7 Å². The number of sulfone groups is 1. The monoisotopic (exact) mass is 299 g/mol. The number of carbonyl (C=O) groups is 1. The topological polar surface area (TPSA) is 83.9 Å². The van der Waals surface area contributed by atoms with Gasteiger partial charge in [0.05, 0.1) is 24.2 Å². The van der Waals surface area contributed by atoms with E-state index < -0.39 is 22.0 Å². The molecule has 1 saturated heterocycles. The predicted octanol–water partition coefficient (Wildman–Crippen LogP) is 0.414. The molecule has 1 amide bonds. The molecule has 0 aliphatic carbocycles. The second-order valence-electron chi connectivity index (χ2n) is 4.68. The van der Waals surface area contributed by atoms with Gasteiger partial charge >= 0.3 is 6.09 Å². The summed E-state index contributed by atoms with van der Waals surface area (Å²) < 4.78 is 28.1. The van der Waals surface area contributed by atoms with Crippen molar-refractivity contribution in [1.82, 2.24) is 4.90 Å². The van der Waals surface area contributed by atoms with E-state index in [0.29, 0.717) is 0 Å². The molecule has 20 heavy (non-hydrogen) atoms. The van der Waals surface area contributed by atoms with Crippen molar-refractivity contribution < 1.29 is 23.1 Å². The van der Waals surface area contributed by atoms with Crippen LogP contribution in [-0.4, -0.2) is 55.2 Å². The van der Waals surface area contributed by atoms with Crippen molar-refractivity contribution in [3.8, 4) is 0 Å². The van der Waals surface area contributed by atoms with Crippen LogP contribution < -0.4 is 0 Å². The van der Waals surface area contributed by atoms with Crippen molar-refractivity contribution in [3.05, 3.63) is 35.9 Å². The maximum atomic E-state index is 11.9. The molecular weight excluding hydrogens is 282 g/mol. The van der Waals surface area contributed by atoms with Gasteiger partial charge in [0.25, 0.3) is 0 Å². The minimum atomic E-state index is -3.19. The van der Waals surface area contributed by atoms with Crippen LogP contribution in [0.2, 0.25) is 0 Å². The summed E-state index contributed by atoms with van der Waals surface area (Å²) in [7, 11) is -3.19. The first kappa shape index (κ1) is 14.8. The van der Waals surface area contributed by atoms with Crippen LogP contribution in [0.5, 0.6) is 0 Å². The summed E-state index contributed by atoms with van der Waals surface area (Å²) in [5, 5.41) is 9.21. The van der Waals surface area contributed by atoms with Crippen LogP contribution in [0.4, 0.5) is 4.79 Å². The number of ether oxygens (including phenoxy) is 1. The molecule has 0 bridgehead atoms. The smallest absolute Gasteiger partial charge is 0.410 e. The number of benzene rings is 1. The Morgan fingerprint density at radius 3 is 2.70 bits per heavy atom. The lowest BCUT2D eigenvalue weighted by Gasteiger charge is -2.33. The molecule has 7 heteroatoms. The number of hydrogen-bond donors (Lipinski definition) is 1. The first-order valence-electron chi connectivity index (χ1n) is 6.30. The Bertz CT molecular complexity index is 557. The molecule has 0 saturated carbocycles. The minimum Gasteiger partial charge on any atom is -0.445 e. The van der Waals surface area contributed by atoms with Gasteiger partial charge in [-0.05, 0) is 5.56 Å². The Balaban J connectivity index is 1.95. The number of hydrogen-bond acceptors (Lipinski definition) is 5. The van der Waals surface area contributed by atoms with E-state index >= 15 is 0 Å². The summed E-state index contributed by atoms with van der Waals surface area (Å²) in [5.41, 5.74) is 0.853. The maximum absolute atomic E-state index is 11.9. The van der Waals surface area contributed by atoms with E-state index in [4.69, 9.17) is 4.74 Å². The fourth-order valence-electron chi connectivity index (χ4n) is 2.08. The molecule has 1 atom stereocenters. The van der Waals surface area contributed by atoms with Crippen LogP contribution >= 0.6 is 0 Å². The van der Waals surface area contributed by atoms with Gasteiger partial charge in [-0.1, -0.05) is 30.3 Å². The quantitative estimate of drug-likeness (QED) is 0.874. The highest BCUT2D eigenvalue weighted by Gasteiger charge is 2.34. The lowest BCUT2D eigenvalue weighted by molar-refractivity contribution is 0.0701.